The topological polar surface area (TPSA) is 62.3 Å². The van der Waals surface area contributed by atoms with Crippen molar-refractivity contribution in [3.05, 3.63) is 158 Å². The van der Waals surface area contributed by atoms with E-state index in [1.807, 2.05) is 24.4 Å². The lowest BCUT2D eigenvalue weighted by atomic mass is 10.1. The fourth-order valence-electron chi connectivity index (χ4n) is 8.23. The molecule has 0 spiro atoms. The Morgan fingerprint density at radius 2 is 0.922 bits per heavy atom. The first kappa shape index (κ1) is 26.7. The van der Waals surface area contributed by atoms with Gasteiger partial charge in [0.05, 0.1) is 55.5 Å². The van der Waals surface area contributed by atoms with E-state index >= 15 is 0 Å². The molecule has 0 radical (unpaired) electrons. The van der Waals surface area contributed by atoms with Crippen molar-refractivity contribution in [2.75, 3.05) is 0 Å². The normalized spacial score (nSPS) is 12.3. The number of hydrogen-bond acceptors (Lipinski definition) is 3. The fourth-order valence-corrected chi connectivity index (χ4v) is 8.23. The number of imidazole rings is 4. The predicted molar refractivity (Wildman–Crippen MR) is 205 cm³/mol. The molecular formula is C43H26N8. The Bertz CT molecular complexity index is 3390. The second-order valence-electron chi connectivity index (χ2n) is 13.1. The van der Waals surface area contributed by atoms with Gasteiger partial charge in [0.25, 0.3) is 0 Å². The van der Waals surface area contributed by atoms with Crippen molar-refractivity contribution >= 4 is 77.6 Å². The monoisotopic (exact) mass is 654 g/mol. The maximum absolute atomic E-state index is 5.14. The first-order chi connectivity index (χ1) is 25.3. The molecule has 0 saturated heterocycles. The van der Waals surface area contributed by atoms with Crippen LogP contribution in [0.3, 0.4) is 0 Å². The average Bonchev–Trinajstić information content (AvgIpc) is 3.97. The van der Waals surface area contributed by atoms with Crippen LogP contribution in [0, 0.1) is 0 Å². The number of fused-ring (bicyclic) bond motifs is 13. The molecule has 0 amide bonds. The summed E-state index contributed by atoms with van der Waals surface area (Å²) in [4.78, 5) is 14.9. The molecule has 0 fully saturated rings. The van der Waals surface area contributed by atoms with Gasteiger partial charge in [-0.2, -0.15) is 0 Å². The zero-order chi connectivity index (χ0) is 33.2. The minimum Gasteiger partial charge on any atom is -0.309 e. The standard InChI is InChI=1S/C43H26N8/c1-3-16-34-30(13-1)31-23-22-29(49-36-18-5-7-20-38(36)50-35-17-4-2-14-32(35)45-42(49)50)26-40(31)47(34)27-11-9-12-28(25-27)48-37-19-6-8-21-39(37)51-41-33(46-43(48)51)15-10-24-44-41/h1-26H. The van der Waals surface area contributed by atoms with Crippen LogP contribution >= 0.6 is 0 Å². The quantitative estimate of drug-likeness (QED) is 0.191. The summed E-state index contributed by atoms with van der Waals surface area (Å²) in [6.45, 7) is 0. The van der Waals surface area contributed by atoms with E-state index in [4.69, 9.17) is 15.0 Å². The third-order valence-corrected chi connectivity index (χ3v) is 10.3. The Kier molecular flexibility index (Phi) is 5.09. The molecule has 0 aliphatic rings. The number of rotatable bonds is 3. The van der Waals surface area contributed by atoms with Crippen LogP contribution < -0.4 is 0 Å². The molecule has 8 nitrogen and oxygen atoms in total. The third kappa shape index (κ3) is 3.50. The van der Waals surface area contributed by atoms with Crippen LogP contribution in [-0.4, -0.2) is 37.5 Å². The lowest BCUT2D eigenvalue weighted by molar-refractivity contribution is 1.09. The van der Waals surface area contributed by atoms with Gasteiger partial charge in [-0.05, 0) is 84.9 Å². The summed E-state index contributed by atoms with van der Waals surface area (Å²) in [6, 6.07) is 53.5. The molecule has 0 bridgehead atoms. The van der Waals surface area contributed by atoms with Gasteiger partial charge < -0.3 is 4.57 Å². The second-order valence-corrected chi connectivity index (χ2v) is 13.1. The van der Waals surface area contributed by atoms with Gasteiger partial charge in [0.15, 0.2) is 5.65 Å². The van der Waals surface area contributed by atoms with Crippen molar-refractivity contribution in [3.63, 3.8) is 0 Å². The molecular weight excluding hydrogens is 629 g/mol. The summed E-state index contributed by atoms with van der Waals surface area (Å²) in [5.74, 6) is 1.73. The summed E-state index contributed by atoms with van der Waals surface area (Å²) in [5.41, 5.74) is 13.6. The predicted octanol–water partition coefficient (Wildman–Crippen LogP) is 9.67. The second kappa shape index (κ2) is 9.71. The minimum atomic E-state index is 0.835. The number of hydrogen-bond donors (Lipinski definition) is 0. The summed E-state index contributed by atoms with van der Waals surface area (Å²) in [5, 5.41) is 2.40. The van der Waals surface area contributed by atoms with Gasteiger partial charge in [-0.25, -0.2) is 15.0 Å². The molecule has 6 heterocycles. The molecule has 51 heavy (non-hydrogen) atoms. The van der Waals surface area contributed by atoms with Crippen molar-refractivity contribution in [1.29, 1.82) is 0 Å². The van der Waals surface area contributed by atoms with E-state index in [-0.39, 0.29) is 0 Å². The Morgan fingerprint density at radius 1 is 0.353 bits per heavy atom. The average molecular weight is 655 g/mol. The lowest BCUT2D eigenvalue weighted by Crippen LogP contribution is -2.00. The Hall–Kier alpha value is -7.19. The zero-order valence-corrected chi connectivity index (χ0v) is 27.1. The molecule has 0 aliphatic carbocycles. The summed E-state index contributed by atoms with van der Waals surface area (Å²) < 4.78 is 11.3. The van der Waals surface area contributed by atoms with Gasteiger partial charge in [0.2, 0.25) is 11.6 Å². The van der Waals surface area contributed by atoms with Gasteiger partial charge in [-0.15, -0.1) is 0 Å². The highest BCUT2D eigenvalue weighted by molar-refractivity contribution is 6.10. The van der Waals surface area contributed by atoms with Gasteiger partial charge in [0.1, 0.15) is 5.52 Å². The molecule has 0 saturated carbocycles. The molecule has 0 N–H and O–H groups in total. The molecule has 0 aliphatic heterocycles. The van der Waals surface area contributed by atoms with Crippen molar-refractivity contribution in [1.82, 2.24) is 37.5 Å². The molecule has 0 atom stereocenters. The Morgan fingerprint density at radius 3 is 1.73 bits per heavy atom. The van der Waals surface area contributed by atoms with Gasteiger partial charge in [-0.3, -0.25) is 17.9 Å². The maximum Gasteiger partial charge on any atom is 0.221 e. The third-order valence-electron chi connectivity index (χ3n) is 10.3. The fraction of sp³-hybridized carbons (Fsp3) is 0. The zero-order valence-electron chi connectivity index (χ0n) is 27.1. The first-order valence-electron chi connectivity index (χ1n) is 17.1. The van der Waals surface area contributed by atoms with Crippen LogP contribution in [-0.2, 0) is 0 Å². The van der Waals surface area contributed by atoms with Crippen LogP contribution in [0.2, 0.25) is 0 Å². The SMILES string of the molecule is c1cc(-n2c3ccccc3c3ccc(-n4c5ccccc5n5c6ccccc6nc45)cc32)cc(-n2c3ccccc3n3c4ncccc4nc23)c1. The number of para-hydroxylation sites is 7. The van der Waals surface area contributed by atoms with Crippen LogP contribution in [0.4, 0.5) is 0 Å². The molecule has 238 valence electrons. The molecule has 8 heteroatoms. The van der Waals surface area contributed by atoms with Crippen molar-refractivity contribution in [2.45, 2.75) is 0 Å². The van der Waals surface area contributed by atoms with E-state index in [9.17, 15) is 0 Å². The number of aromatic nitrogens is 8. The molecule has 0 unspecified atom stereocenters. The van der Waals surface area contributed by atoms with E-state index in [1.165, 1.54) is 10.8 Å². The molecule has 6 aromatic heterocycles. The molecule has 12 rings (SSSR count). The van der Waals surface area contributed by atoms with Crippen LogP contribution in [0.5, 0.6) is 0 Å². The maximum atomic E-state index is 5.14. The summed E-state index contributed by atoms with van der Waals surface area (Å²) in [6.07, 6.45) is 1.83. The van der Waals surface area contributed by atoms with E-state index in [1.54, 1.807) is 0 Å². The van der Waals surface area contributed by atoms with Crippen molar-refractivity contribution in [2.24, 2.45) is 0 Å². The number of benzene rings is 6. The van der Waals surface area contributed by atoms with Crippen LogP contribution in [0.15, 0.2) is 158 Å². The van der Waals surface area contributed by atoms with E-state index in [0.717, 1.165) is 83.9 Å². The summed E-state index contributed by atoms with van der Waals surface area (Å²) >= 11 is 0. The minimum absolute atomic E-state index is 0.835. The molecule has 12 aromatic rings. The number of nitrogens with zero attached hydrogens (tertiary/aromatic N) is 8. The highest BCUT2D eigenvalue weighted by Gasteiger charge is 2.21. The summed E-state index contributed by atoms with van der Waals surface area (Å²) in [7, 11) is 0. The van der Waals surface area contributed by atoms with Crippen molar-refractivity contribution in [3.8, 4) is 17.1 Å². The smallest absolute Gasteiger partial charge is 0.221 e. The highest BCUT2D eigenvalue weighted by Crippen LogP contribution is 2.37. The Balaban J connectivity index is 1.13. The van der Waals surface area contributed by atoms with Crippen molar-refractivity contribution < 1.29 is 0 Å². The van der Waals surface area contributed by atoms with Gasteiger partial charge in [-0.1, -0.05) is 66.7 Å². The van der Waals surface area contributed by atoms with E-state index in [2.05, 4.69) is 156 Å². The van der Waals surface area contributed by atoms with Gasteiger partial charge >= 0.3 is 0 Å². The highest BCUT2D eigenvalue weighted by atomic mass is 15.2. The molecule has 6 aromatic carbocycles. The van der Waals surface area contributed by atoms with E-state index in [0.29, 0.717) is 0 Å². The van der Waals surface area contributed by atoms with Crippen LogP contribution in [0.1, 0.15) is 0 Å². The van der Waals surface area contributed by atoms with Gasteiger partial charge in [0, 0.05) is 22.7 Å². The van der Waals surface area contributed by atoms with E-state index < -0.39 is 0 Å². The Labute approximate surface area is 289 Å². The number of pyridine rings is 1. The largest absolute Gasteiger partial charge is 0.309 e. The lowest BCUT2D eigenvalue weighted by Gasteiger charge is -2.12. The van der Waals surface area contributed by atoms with Crippen LogP contribution in [0.25, 0.3) is 94.7 Å². The first-order valence-corrected chi connectivity index (χ1v) is 17.1.